The SMILES string of the molecule is O=C(Cc1ccc2ncccc2c1)N1CCC(Nc2c([N+](=O)[O-])cccc2C(F)(F)F)CC1. The zero-order valence-corrected chi connectivity index (χ0v) is 17.5. The number of piperidine rings is 1. The summed E-state index contributed by atoms with van der Waals surface area (Å²) in [5.41, 5.74) is -0.510. The van der Waals surface area contributed by atoms with Crippen LogP contribution in [-0.2, 0) is 17.4 Å². The van der Waals surface area contributed by atoms with Crippen molar-refractivity contribution in [3.8, 4) is 0 Å². The van der Waals surface area contributed by atoms with Gasteiger partial charge in [-0.15, -0.1) is 0 Å². The topological polar surface area (TPSA) is 88.4 Å². The maximum atomic E-state index is 13.4. The number of aromatic nitrogens is 1. The number of nitrogens with zero attached hydrogens (tertiary/aromatic N) is 3. The second kappa shape index (κ2) is 9.05. The van der Waals surface area contributed by atoms with Gasteiger partial charge >= 0.3 is 6.18 Å². The number of carbonyl (C=O) groups excluding carboxylic acids is 1. The molecule has 1 fully saturated rings. The fraction of sp³-hybridized carbons (Fsp3) is 0.304. The van der Waals surface area contributed by atoms with Crippen molar-refractivity contribution in [1.82, 2.24) is 9.88 Å². The van der Waals surface area contributed by atoms with Crippen molar-refractivity contribution in [1.29, 1.82) is 0 Å². The van der Waals surface area contributed by atoms with E-state index < -0.39 is 34.1 Å². The molecule has 4 rings (SSSR count). The molecule has 1 saturated heterocycles. The van der Waals surface area contributed by atoms with E-state index in [4.69, 9.17) is 0 Å². The number of benzene rings is 2. The van der Waals surface area contributed by atoms with Crippen molar-refractivity contribution in [2.75, 3.05) is 18.4 Å². The highest BCUT2D eigenvalue weighted by Gasteiger charge is 2.37. The van der Waals surface area contributed by atoms with Crippen LogP contribution < -0.4 is 5.32 Å². The summed E-state index contributed by atoms with van der Waals surface area (Å²) in [5.74, 6) is -0.0710. The Balaban J connectivity index is 1.41. The number of amides is 1. The molecule has 172 valence electrons. The van der Waals surface area contributed by atoms with Gasteiger partial charge in [-0.25, -0.2) is 0 Å². The molecule has 1 aliphatic heterocycles. The highest BCUT2D eigenvalue weighted by molar-refractivity contribution is 5.83. The zero-order valence-electron chi connectivity index (χ0n) is 17.5. The minimum Gasteiger partial charge on any atom is -0.376 e. The van der Waals surface area contributed by atoms with Gasteiger partial charge < -0.3 is 10.2 Å². The summed E-state index contributed by atoms with van der Waals surface area (Å²) in [6.45, 7) is 0.710. The van der Waals surface area contributed by atoms with Gasteiger partial charge in [0.1, 0.15) is 5.69 Å². The highest BCUT2D eigenvalue weighted by Crippen LogP contribution is 2.40. The van der Waals surface area contributed by atoms with Crippen LogP contribution >= 0.6 is 0 Å². The first-order valence-electron chi connectivity index (χ1n) is 10.4. The predicted octanol–water partition coefficient (Wildman–Crippen LogP) is 4.81. The van der Waals surface area contributed by atoms with Crippen LogP contribution in [0.15, 0.2) is 54.7 Å². The Labute approximate surface area is 187 Å². The first kappa shape index (κ1) is 22.5. The van der Waals surface area contributed by atoms with Gasteiger partial charge in [0.2, 0.25) is 5.91 Å². The molecule has 33 heavy (non-hydrogen) atoms. The molecular formula is C23H21F3N4O3. The molecule has 0 unspecified atom stereocenters. The molecule has 7 nitrogen and oxygen atoms in total. The lowest BCUT2D eigenvalue weighted by atomic mass is 10.0. The molecule has 2 aromatic carbocycles. The molecule has 1 aromatic heterocycles. The van der Waals surface area contributed by atoms with Crippen molar-refractivity contribution in [2.45, 2.75) is 31.5 Å². The van der Waals surface area contributed by atoms with Gasteiger partial charge in [0.15, 0.2) is 0 Å². The number of halogens is 3. The van der Waals surface area contributed by atoms with E-state index in [0.29, 0.717) is 25.9 Å². The van der Waals surface area contributed by atoms with Crippen LogP contribution in [0.25, 0.3) is 10.9 Å². The Morgan fingerprint density at radius 1 is 1.15 bits per heavy atom. The summed E-state index contributed by atoms with van der Waals surface area (Å²) >= 11 is 0. The van der Waals surface area contributed by atoms with E-state index in [0.717, 1.165) is 34.7 Å². The van der Waals surface area contributed by atoms with Gasteiger partial charge in [-0.2, -0.15) is 13.2 Å². The van der Waals surface area contributed by atoms with E-state index in [2.05, 4.69) is 10.3 Å². The molecule has 1 amide bonds. The van der Waals surface area contributed by atoms with Crippen LogP contribution in [0.1, 0.15) is 24.0 Å². The van der Waals surface area contributed by atoms with Crippen LogP contribution in [0.2, 0.25) is 0 Å². The van der Waals surface area contributed by atoms with Crippen LogP contribution in [0.3, 0.4) is 0 Å². The Hall–Kier alpha value is -3.69. The Morgan fingerprint density at radius 3 is 2.61 bits per heavy atom. The van der Waals surface area contributed by atoms with Gasteiger partial charge in [-0.05, 0) is 42.7 Å². The molecule has 0 bridgehead atoms. The minimum absolute atomic E-state index is 0.0710. The monoisotopic (exact) mass is 458 g/mol. The minimum atomic E-state index is -4.72. The Kier molecular flexibility index (Phi) is 6.17. The molecular weight excluding hydrogens is 437 g/mol. The van der Waals surface area contributed by atoms with Crippen LogP contribution in [0, 0.1) is 10.1 Å². The molecule has 2 heterocycles. The average Bonchev–Trinajstić information content (AvgIpc) is 2.78. The van der Waals surface area contributed by atoms with Gasteiger partial charge in [-0.3, -0.25) is 19.9 Å². The lowest BCUT2D eigenvalue weighted by molar-refractivity contribution is -0.384. The van der Waals surface area contributed by atoms with Crippen molar-refractivity contribution in [3.05, 3.63) is 76.0 Å². The van der Waals surface area contributed by atoms with Crippen LogP contribution in [0.4, 0.5) is 24.5 Å². The quantitative estimate of drug-likeness (QED) is 0.438. The standard InChI is InChI=1S/C23H21F3N4O3/c24-23(25,26)18-4-1-5-20(30(32)33)22(18)28-17-8-11-29(12-9-17)21(31)14-15-6-7-19-16(13-15)3-2-10-27-19/h1-7,10,13,17,28H,8-9,11-12,14H2. The molecule has 1 N–H and O–H groups in total. The number of carbonyl (C=O) groups is 1. The number of nitro benzene ring substituents is 1. The third kappa shape index (κ3) is 5.05. The molecule has 10 heteroatoms. The number of anilines is 1. The normalized spacial score (nSPS) is 14.9. The maximum absolute atomic E-state index is 13.4. The van der Waals surface area contributed by atoms with Crippen molar-refractivity contribution in [3.63, 3.8) is 0 Å². The van der Waals surface area contributed by atoms with Crippen LogP contribution in [-0.4, -0.2) is 39.8 Å². The number of para-hydroxylation sites is 1. The fourth-order valence-corrected chi connectivity index (χ4v) is 4.08. The van der Waals surface area contributed by atoms with Gasteiger partial charge in [-0.1, -0.05) is 18.2 Å². The van der Waals surface area contributed by atoms with Gasteiger partial charge in [0.05, 0.1) is 22.4 Å². The first-order chi connectivity index (χ1) is 15.7. The molecule has 0 atom stereocenters. The highest BCUT2D eigenvalue weighted by atomic mass is 19.4. The molecule has 3 aromatic rings. The predicted molar refractivity (Wildman–Crippen MR) is 117 cm³/mol. The fourth-order valence-electron chi connectivity index (χ4n) is 4.08. The number of nitrogens with one attached hydrogen (secondary N) is 1. The molecule has 0 saturated carbocycles. The van der Waals surface area contributed by atoms with E-state index in [1.165, 1.54) is 0 Å². The third-order valence-electron chi connectivity index (χ3n) is 5.76. The van der Waals surface area contributed by atoms with E-state index in [1.54, 1.807) is 11.1 Å². The maximum Gasteiger partial charge on any atom is 0.418 e. The summed E-state index contributed by atoms with van der Waals surface area (Å²) < 4.78 is 40.2. The number of hydrogen-bond acceptors (Lipinski definition) is 5. The Morgan fingerprint density at radius 2 is 1.91 bits per heavy atom. The molecule has 0 radical (unpaired) electrons. The van der Waals surface area contributed by atoms with Crippen molar-refractivity contribution < 1.29 is 22.9 Å². The molecule has 0 aliphatic carbocycles. The first-order valence-corrected chi connectivity index (χ1v) is 10.4. The van der Waals surface area contributed by atoms with E-state index in [-0.39, 0.29) is 12.3 Å². The zero-order chi connectivity index (χ0) is 23.6. The largest absolute Gasteiger partial charge is 0.418 e. The lowest BCUT2D eigenvalue weighted by Gasteiger charge is -2.33. The number of fused-ring (bicyclic) bond motifs is 1. The number of hydrogen-bond donors (Lipinski definition) is 1. The number of alkyl halides is 3. The number of nitro groups is 1. The molecule has 1 aliphatic rings. The van der Waals surface area contributed by atoms with Crippen molar-refractivity contribution >= 4 is 28.2 Å². The van der Waals surface area contributed by atoms with E-state index in [9.17, 15) is 28.1 Å². The van der Waals surface area contributed by atoms with E-state index in [1.807, 2.05) is 30.3 Å². The number of likely N-dealkylation sites (tertiary alicyclic amines) is 1. The van der Waals surface area contributed by atoms with Crippen LogP contribution in [0.5, 0.6) is 0 Å². The smallest absolute Gasteiger partial charge is 0.376 e. The third-order valence-corrected chi connectivity index (χ3v) is 5.76. The summed E-state index contributed by atoms with van der Waals surface area (Å²) in [6, 6.07) is 11.9. The van der Waals surface area contributed by atoms with Crippen molar-refractivity contribution in [2.24, 2.45) is 0 Å². The average molecular weight is 458 g/mol. The van der Waals surface area contributed by atoms with E-state index >= 15 is 0 Å². The summed E-state index contributed by atoms with van der Waals surface area (Å²) in [4.78, 5) is 29.1. The summed E-state index contributed by atoms with van der Waals surface area (Å²) in [7, 11) is 0. The Bertz CT molecular complexity index is 1190. The van der Waals surface area contributed by atoms with Gasteiger partial charge in [0.25, 0.3) is 5.69 Å². The second-order valence-corrected chi connectivity index (χ2v) is 7.96. The summed E-state index contributed by atoms with van der Waals surface area (Å²) in [6.07, 6.45) is -2.04. The molecule has 0 spiro atoms. The lowest BCUT2D eigenvalue weighted by Crippen LogP contribution is -2.43. The second-order valence-electron chi connectivity index (χ2n) is 7.96. The summed E-state index contributed by atoms with van der Waals surface area (Å²) in [5, 5.41) is 14.9. The number of rotatable bonds is 5. The number of pyridine rings is 1. The van der Waals surface area contributed by atoms with Gasteiger partial charge in [0, 0.05) is 36.8 Å².